The molecule has 0 bridgehead atoms. The minimum Gasteiger partial charge on any atom is -0.324 e. The van der Waals surface area contributed by atoms with Gasteiger partial charge in [0.15, 0.2) is 0 Å². The van der Waals surface area contributed by atoms with E-state index in [1.54, 1.807) is 12.1 Å². The number of hydrogen-bond acceptors (Lipinski definition) is 1. The summed E-state index contributed by atoms with van der Waals surface area (Å²) in [7, 11) is 0. The Morgan fingerprint density at radius 3 is 2.77 bits per heavy atom. The summed E-state index contributed by atoms with van der Waals surface area (Å²) < 4.78 is 25.1. The number of halogens is 2. The van der Waals surface area contributed by atoms with Crippen LogP contribution < -0.4 is 5.73 Å². The zero-order valence-corrected chi connectivity index (χ0v) is 7.56. The molecule has 0 spiro atoms. The quantitative estimate of drug-likeness (QED) is 0.769. The van der Waals surface area contributed by atoms with E-state index in [4.69, 9.17) is 5.73 Å². The molecule has 0 saturated carbocycles. The maximum Gasteiger partial charge on any atom is 0.127 e. The van der Waals surface area contributed by atoms with Crippen LogP contribution in [-0.4, -0.2) is 6.67 Å². The van der Waals surface area contributed by atoms with Crippen molar-refractivity contribution in [1.82, 2.24) is 0 Å². The first kappa shape index (κ1) is 10.1. The number of aryl methyl sites for hydroxylation is 1. The molecule has 0 saturated heterocycles. The van der Waals surface area contributed by atoms with Crippen LogP contribution in [0.5, 0.6) is 0 Å². The summed E-state index contributed by atoms with van der Waals surface area (Å²) in [6.07, 6.45) is 0.167. The molecule has 1 atom stereocenters. The number of benzene rings is 1. The molecule has 1 aromatic rings. The Morgan fingerprint density at radius 1 is 1.46 bits per heavy atom. The summed E-state index contributed by atoms with van der Waals surface area (Å²) in [6, 6.07) is 4.16. The highest BCUT2D eigenvalue weighted by molar-refractivity contribution is 5.26. The normalized spacial score (nSPS) is 12.9. The minimum atomic E-state index is -0.537. The summed E-state index contributed by atoms with van der Waals surface area (Å²) in [5, 5.41) is 0. The van der Waals surface area contributed by atoms with Crippen molar-refractivity contribution in [1.29, 1.82) is 0 Å². The molecule has 13 heavy (non-hydrogen) atoms. The lowest BCUT2D eigenvalue weighted by Gasteiger charge is -2.11. The first-order valence-electron chi connectivity index (χ1n) is 4.22. The van der Waals surface area contributed by atoms with Gasteiger partial charge in [0.2, 0.25) is 0 Å². The minimum absolute atomic E-state index is 0.167. The second-order valence-electron chi connectivity index (χ2n) is 3.11. The van der Waals surface area contributed by atoms with Gasteiger partial charge in [-0.1, -0.05) is 17.7 Å². The summed E-state index contributed by atoms with van der Waals surface area (Å²) in [5.74, 6) is -0.355. The van der Waals surface area contributed by atoms with Crippen molar-refractivity contribution in [3.63, 3.8) is 0 Å². The molecule has 0 aliphatic rings. The molecular formula is C10H13F2N. The van der Waals surface area contributed by atoms with Crippen LogP contribution in [0.2, 0.25) is 0 Å². The van der Waals surface area contributed by atoms with Crippen LogP contribution in [-0.2, 0) is 0 Å². The Hall–Kier alpha value is -0.960. The molecule has 0 aromatic heterocycles. The number of rotatable bonds is 3. The van der Waals surface area contributed by atoms with Crippen LogP contribution in [0.25, 0.3) is 0 Å². The molecule has 0 fully saturated rings. The van der Waals surface area contributed by atoms with Crippen molar-refractivity contribution >= 4 is 0 Å². The molecule has 0 aliphatic heterocycles. The van der Waals surface area contributed by atoms with E-state index in [0.29, 0.717) is 5.56 Å². The van der Waals surface area contributed by atoms with Gasteiger partial charge in [0, 0.05) is 11.6 Å². The predicted molar refractivity (Wildman–Crippen MR) is 48.7 cm³/mol. The average Bonchev–Trinajstić information content (AvgIpc) is 2.09. The van der Waals surface area contributed by atoms with E-state index in [-0.39, 0.29) is 12.2 Å². The lowest BCUT2D eigenvalue weighted by Crippen LogP contribution is -2.12. The zero-order valence-electron chi connectivity index (χ0n) is 7.56. The van der Waals surface area contributed by atoms with E-state index in [9.17, 15) is 8.78 Å². The third-order valence-corrected chi connectivity index (χ3v) is 1.97. The molecule has 0 heterocycles. The van der Waals surface area contributed by atoms with Gasteiger partial charge in [0.25, 0.3) is 0 Å². The van der Waals surface area contributed by atoms with Crippen molar-refractivity contribution in [3.8, 4) is 0 Å². The van der Waals surface area contributed by atoms with Crippen molar-refractivity contribution in [2.75, 3.05) is 6.67 Å². The highest BCUT2D eigenvalue weighted by atomic mass is 19.1. The highest BCUT2D eigenvalue weighted by Gasteiger charge is 2.10. The van der Waals surface area contributed by atoms with Gasteiger partial charge in [-0.2, -0.15) is 0 Å². The second kappa shape index (κ2) is 4.33. The van der Waals surface area contributed by atoms with Crippen LogP contribution >= 0.6 is 0 Å². The summed E-state index contributed by atoms with van der Waals surface area (Å²) in [6.45, 7) is 1.33. The van der Waals surface area contributed by atoms with Crippen LogP contribution in [0.4, 0.5) is 8.78 Å². The van der Waals surface area contributed by atoms with Gasteiger partial charge in [-0.25, -0.2) is 4.39 Å². The Balaban J connectivity index is 2.91. The Labute approximate surface area is 76.6 Å². The molecule has 1 rings (SSSR count). The molecule has 1 aromatic carbocycles. The molecule has 0 unspecified atom stereocenters. The number of alkyl halides is 1. The predicted octanol–water partition coefficient (Wildman–Crippen LogP) is 2.49. The number of nitrogens with two attached hydrogens (primary N) is 1. The van der Waals surface area contributed by atoms with E-state index >= 15 is 0 Å². The van der Waals surface area contributed by atoms with Crippen LogP contribution in [0.1, 0.15) is 23.6 Å². The van der Waals surface area contributed by atoms with Gasteiger partial charge in [0.1, 0.15) is 5.82 Å². The smallest absolute Gasteiger partial charge is 0.127 e. The van der Waals surface area contributed by atoms with E-state index in [1.807, 2.05) is 6.92 Å². The summed E-state index contributed by atoms with van der Waals surface area (Å²) >= 11 is 0. The lowest BCUT2D eigenvalue weighted by atomic mass is 10.0. The molecule has 0 aliphatic carbocycles. The van der Waals surface area contributed by atoms with E-state index in [1.165, 1.54) is 6.07 Å². The standard InChI is InChI=1S/C10H13F2N/c1-7-2-3-9(12)8(6-7)10(13)4-5-11/h2-3,6,10H,4-5,13H2,1H3/t10-/m0/s1. The molecule has 1 nitrogen and oxygen atoms in total. The van der Waals surface area contributed by atoms with Gasteiger partial charge in [-0.15, -0.1) is 0 Å². The van der Waals surface area contributed by atoms with Crippen molar-refractivity contribution in [3.05, 3.63) is 35.1 Å². The Bertz CT molecular complexity index is 286. The first-order chi connectivity index (χ1) is 6.15. The molecular weight excluding hydrogens is 172 g/mol. The monoisotopic (exact) mass is 185 g/mol. The fraction of sp³-hybridized carbons (Fsp3) is 0.400. The molecule has 3 heteroatoms. The largest absolute Gasteiger partial charge is 0.324 e. The highest BCUT2D eigenvalue weighted by Crippen LogP contribution is 2.19. The van der Waals surface area contributed by atoms with Gasteiger partial charge >= 0.3 is 0 Å². The van der Waals surface area contributed by atoms with Crippen molar-refractivity contribution < 1.29 is 8.78 Å². The van der Waals surface area contributed by atoms with E-state index < -0.39 is 12.7 Å². The van der Waals surface area contributed by atoms with Crippen LogP contribution in [0, 0.1) is 12.7 Å². The number of hydrogen-bond donors (Lipinski definition) is 1. The van der Waals surface area contributed by atoms with Crippen LogP contribution in [0.3, 0.4) is 0 Å². The van der Waals surface area contributed by atoms with Crippen LogP contribution in [0.15, 0.2) is 18.2 Å². The third kappa shape index (κ3) is 2.49. The van der Waals surface area contributed by atoms with Crippen molar-refractivity contribution in [2.24, 2.45) is 5.73 Å². The third-order valence-electron chi connectivity index (χ3n) is 1.97. The van der Waals surface area contributed by atoms with Gasteiger partial charge in [-0.05, 0) is 19.4 Å². The SMILES string of the molecule is Cc1ccc(F)c([C@@H](N)CCF)c1. The van der Waals surface area contributed by atoms with Gasteiger partial charge in [0.05, 0.1) is 6.67 Å². The van der Waals surface area contributed by atoms with Gasteiger partial charge in [-0.3, -0.25) is 4.39 Å². The molecule has 72 valence electrons. The maximum absolute atomic E-state index is 13.1. The summed E-state index contributed by atoms with van der Waals surface area (Å²) in [4.78, 5) is 0. The fourth-order valence-electron chi connectivity index (χ4n) is 1.22. The Morgan fingerprint density at radius 2 is 2.15 bits per heavy atom. The zero-order chi connectivity index (χ0) is 9.84. The molecule has 2 N–H and O–H groups in total. The molecule has 0 amide bonds. The van der Waals surface area contributed by atoms with Crippen molar-refractivity contribution in [2.45, 2.75) is 19.4 Å². The van der Waals surface area contributed by atoms with Gasteiger partial charge < -0.3 is 5.73 Å². The van der Waals surface area contributed by atoms with E-state index in [0.717, 1.165) is 5.56 Å². The topological polar surface area (TPSA) is 26.0 Å². The Kier molecular flexibility index (Phi) is 3.37. The lowest BCUT2D eigenvalue weighted by molar-refractivity contribution is 0.435. The molecule has 0 radical (unpaired) electrons. The first-order valence-corrected chi connectivity index (χ1v) is 4.22. The summed E-state index contributed by atoms with van der Waals surface area (Å²) in [5.41, 5.74) is 6.93. The maximum atomic E-state index is 13.1. The van der Waals surface area contributed by atoms with E-state index in [2.05, 4.69) is 0 Å². The second-order valence-corrected chi connectivity index (χ2v) is 3.11. The fourth-order valence-corrected chi connectivity index (χ4v) is 1.22. The average molecular weight is 185 g/mol.